The van der Waals surface area contributed by atoms with Crippen LogP contribution < -0.4 is 15.4 Å². The smallest absolute Gasteiger partial charge is 0.324 e. The molecule has 10 nitrogen and oxygen atoms in total. The van der Waals surface area contributed by atoms with E-state index in [9.17, 15) is 14.4 Å². The molecule has 0 aliphatic carbocycles. The number of ether oxygens (including phenoxy) is 1. The highest BCUT2D eigenvalue weighted by Gasteiger charge is 2.37. The predicted molar refractivity (Wildman–Crippen MR) is 120 cm³/mol. The zero-order valence-corrected chi connectivity index (χ0v) is 18.5. The quantitative estimate of drug-likeness (QED) is 0.481. The van der Waals surface area contributed by atoms with Crippen LogP contribution in [-0.2, 0) is 16.0 Å². The Kier molecular flexibility index (Phi) is 6.53. The van der Waals surface area contributed by atoms with E-state index in [0.29, 0.717) is 17.9 Å². The van der Waals surface area contributed by atoms with Crippen molar-refractivity contribution in [3.05, 3.63) is 60.0 Å². The number of imide groups is 1. The number of aromatic nitrogens is 3. The van der Waals surface area contributed by atoms with Gasteiger partial charge in [-0.3, -0.25) is 18.9 Å². The maximum absolute atomic E-state index is 12.7. The number of fused-ring (bicyclic) bond motifs is 1. The Balaban J connectivity index is 1.27. The van der Waals surface area contributed by atoms with Gasteiger partial charge in [0.05, 0.1) is 13.2 Å². The van der Waals surface area contributed by atoms with E-state index in [1.54, 1.807) is 7.11 Å². The molecule has 3 heterocycles. The number of carbonyl (C=O) groups excluding carboxylic acids is 3. The predicted octanol–water partition coefficient (Wildman–Crippen LogP) is 1.86. The van der Waals surface area contributed by atoms with Gasteiger partial charge in [-0.2, -0.15) is 0 Å². The van der Waals surface area contributed by atoms with Crippen molar-refractivity contribution >= 4 is 23.5 Å². The molecular weight excluding hydrogens is 424 g/mol. The average molecular weight is 450 g/mol. The monoisotopic (exact) mass is 450 g/mol. The maximum Gasteiger partial charge on any atom is 0.324 e. The molecule has 1 fully saturated rings. The van der Waals surface area contributed by atoms with Crippen molar-refractivity contribution < 1.29 is 19.1 Å². The van der Waals surface area contributed by atoms with Crippen LogP contribution in [0.1, 0.15) is 37.2 Å². The Morgan fingerprint density at radius 3 is 2.73 bits per heavy atom. The minimum atomic E-state index is -0.705. The van der Waals surface area contributed by atoms with Crippen LogP contribution in [0.2, 0.25) is 0 Å². The average Bonchev–Trinajstić information content (AvgIpc) is 3.37. The molecule has 0 radical (unpaired) electrons. The molecule has 0 spiro atoms. The highest BCUT2D eigenvalue weighted by molar-refractivity contribution is 6.04. The second-order valence-electron chi connectivity index (χ2n) is 7.90. The molecule has 172 valence electrons. The fraction of sp³-hybridized carbons (Fsp3) is 0.348. The van der Waals surface area contributed by atoms with Crippen LogP contribution >= 0.6 is 0 Å². The largest absolute Gasteiger partial charge is 0.497 e. The normalized spacial score (nSPS) is 16.7. The van der Waals surface area contributed by atoms with E-state index < -0.39 is 12.1 Å². The number of pyridine rings is 1. The summed E-state index contributed by atoms with van der Waals surface area (Å²) in [5.41, 5.74) is 1.69. The summed E-state index contributed by atoms with van der Waals surface area (Å²) in [5, 5.41) is 13.8. The highest BCUT2D eigenvalue weighted by Crippen LogP contribution is 2.16. The molecule has 0 unspecified atom stereocenters. The standard InChI is InChI=1S/C23H26N6O4/c1-15(21-27-26-19-5-3-4-13-28(19)21)24-20(30)11-10-18-22(31)29(23(32)25-18)14-12-16-6-8-17(33-2)9-7-16/h3-9,13,15,18H,10-12,14H2,1-2H3,(H,24,30)(H,25,32)/t15-,18+/m0/s1. The van der Waals surface area contributed by atoms with Gasteiger partial charge in [0.15, 0.2) is 11.5 Å². The Labute approximate surface area is 190 Å². The third kappa shape index (κ3) is 4.94. The maximum atomic E-state index is 12.7. The van der Waals surface area contributed by atoms with Crippen LogP contribution in [-0.4, -0.2) is 57.0 Å². The van der Waals surface area contributed by atoms with Crippen LogP contribution in [0.4, 0.5) is 4.79 Å². The lowest BCUT2D eigenvalue weighted by Gasteiger charge is -2.14. The van der Waals surface area contributed by atoms with Crippen molar-refractivity contribution in [1.82, 2.24) is 30.1 Å². The topological polar surface area (TPSA) is 118 Å². The first-order valence-corrected chi connectivity index (χ1v) is 10.8. The molecule has 2 aromatic heterocycles. The molecule has 2 atom stereocenters. The van der Waals surface area contributed by atoms with Crippen LogP contribution in [0, 0.1) is 0 Å². The summed E-state index contributed by atoms with van der Waals surface area (Å²) in [6, 6.07) is 11.6. The Morgan fingerprint density at radius 1 is 1.18 bits per heavy atom. The van der Waals surface area contributed by atoms with Gasteiger partial charge in [0.25, 0.3) is 5.91 Å². The SMILES string of the molecule is COc1ccc(CCN2C(=O)N[C@H](CCC(=O)N[C@@H](C)c3nnc4ccccn34)C2=O)cc1. The number of urea groups is 1. The number of hydrogen-bond donors (Lipinski definition) is 2. The van der Waals surface area contributed by atoms with Gasteiger partial charge in [-0.05, 0) is 49.6 Å². The van der Waals surface area contributed by atoms with Gasteiger partial charge in [-0.25, -0.2) is 4.79 Å². The number of nitrogens with one attached hydrogen (secondary N) is 2. The molecule has 33 heavy (non-hydrogen) atoms. The molecule has 0 bridgehead atoms. The van der Waals surface area contributed by atoms with E-state index in [4.69, 9.17) is 4.74 Å². The lowest BCUT2D eigenvalue weighted by molar-refractivity contribution is -0.127. The van der Waals surface area contributed by atoms with Crippen molar-refractivity contribution in [2.75, 3.05) is 13.7 Å². The van der Waals surface area contributed by atoms with Crippen molar-refractivity contribution in [1.29, 1.82) is 0 Å². The number of methoxy groups -OCH3 is 1. The van der Waals surface area contributed by atoms with Crippen LogP contribution in [0.3, 0.4) is 0 Å². The third-order valence-electron chi connectivity index (χ3n) is 5.66. The first-order chi connectivity index (χ1) is 16.0. The van der Waals surface area contributed by atoms with Crippen molar-refractivity contribution in [2.45, 2.75) is 38.3 Å². The first kappa shape index (κ1) is 22.3. The summed E-state index contributed by atoms with van der Waals surface area (Å²) in [4.78, 5) is 38.6. The number of carbonyl (C=O) groups is 3. The van der Waals surface area contributed by atoms with E-state index in [2.05, 4.69) is 20.8 Å². The summed E-state index contributed by atoms with van der Waals surface area (Å²) in [7, 11) is 1.60. The van der Waals surface area contributed by atoms with Crippen LogP contribution in [0.25, 0.3) is 5.65 Å². The molecule has 4 rings (SSSR count). The van der Waals surface area contributed by atoms with Crippen molar-refractivity contribution in [3.8, 4) is 5.75 Å². The summed E-state index contributed by atoms with van der Waals surface area (Å²) in [6.45, 7) is 2.10. The molecule has 3 aromatic rings. The minimum absolute atomic E-state index is 0.101. The van der Waals surface area contributed by atoms with Gasteiger partial charge in [0.1, 0.15) is 11.8 Å². The Morgan fingerprint density at radius 2 is 1.97 bits per heavy atom. The minimum Gasteiger partial charge on any atom is -0.497 e. The second-order valence-corrected chi connectivity index (χ2v) is 7.90. The molecule has 10 heteroatoms. The number of hydrogen-bond acceptors (Lipinski definition) is 6. The van der Waals surface area contributed by atoms with Gasteiger partial charge in [0.2, 0.25) is 5.91 Å². The molecule has 4 amide bonds. The number of amides is 4. The second kappa shape index (κ2) is 9.68. The van der Waals surface area contributed by atoms with E-state index in [-0.39, 0.29) is 37.2 Å². The Hall–Kier alpha value is -3.95. The molecule has 0 saturated carbocycles. The number of benzene rings is 1. The summed E-state index contributed by atoms with van der Waals surface area (Å²) < 4.78 is 6.95. The number of nitrogens with zero attached hydrogens (tertiary/aromatic N) is 4. The van der Waals surface area contributed by atoms with Crippen LogP contribution in [0.5, 0.6) is 5.75 Å². The summed E-state index contributed by atoms with van der Waals surface area (Å²) in [5.74, 6) is 0.833. The van der Waals surface area contributed by atoms with Crippen LogP contribution in [0.15, 0.2) is 48.7 Å². The summed E-state index contributed by atoms with van der Waals surface area (Å²) >= 11 is 0. The van der Waals surface area contributed by atoms with E-state index in [1.165, 1.54) is 4.90 Å². The highest BCUT2D eigenvalue weighted by atomic mass is 16.5. The fourth-order valence-corrected chi connectivity index (χ4v) is 3.83. The molecule has 1 aromatic carbocycles. The zero-order valence-electron chi connectivity index (χ0n) is 18.5. The van der Waals surface area contributed by atoms with Gasteiger partial charge in [-0.1, -0.05) is 18.2 Å². The zero-order chi connectivity index (χ0) is 23.4. The van der Waals surface area contributed by atoms with Gasteiger partial charge < -0.3 is 15.4 Å². The first-order valence-electron chi connectivity index (χ1n) is 10.8. The molecule has 1 aliphatic rings. The molecule has 1 aliphatic heterocycles. The molecule has 2 N–H and O–H groups in total. The number of rotatable bonds is 9. The lowest BCUT2D eigenvalue weighted by atomic mass is 10.1. The van der Waals surface area contributed by atoms with Crippen molar-refractivity contribution in [3.63, 3.8) is 0 Å². The third-order valence-corrected chi connectivity index (χ3v) is 5.66. The van der Waals surface area contributed by atoms with Gasteiger partial charge >= 0.3 is 6.03 Å². The van der Waals surface area contributed by atoms with E-state index in [0.717, 1.165) is 11.3 Å². The van der Waals surface area contributed by atoms with E-state index in [1.807, 2.05) is 60.0 Å². The lowest BCUT2D eigenvalue weighted by Crippen LogP contribution is -2.34. The van der Waals surface area contributed by atoms with E-state index >= 15 is 0 Å². The molecular formula is C23H26N6O4. The molecule has 1 saturated heterocycles. The van der Waals surface area contributed by atoms with Crippen molar-refractivity contribution in [2.24, 2.45) is 0 Å². The van der Waals surface area contributed by atoms with Gasteiger partial charge in [-0.15, -0.1) is 10.2 Å². The fourth-order valence-electron chi connectivity index (χ4n) is 3.83. The Bertz CT molecular complexity index is 1160. The van der Waals surface area contributed by atoms with Gasteiger partial charge in [0, 0.05) is 19.2 Å². The summed E-state index contributed by atoms with van der Waals surface area (Å²) in [6.07, 6.45) is 2.70.